The molecule has 21 atom stereocenters. The molecule has 3 saturated heterocycles. The van der Waals surface area contributed by atoms with Crippen LogP contribution in [-0.4, -0.2) is 120 Å². The maximum atomic E-state index is 12.8. The van der Waals surface area contributed by atoms with Gasteiger partial charge in [-0.05, 0) is 204 Å². The second-order valence-electron chi connectivity index (χ2n) is 38.3. The lowest BCUT2D eigenvalue weighted by Crippen LogP contribution is -2.80. The number of piperidine rings is 3. The van der Waals surface area contributed by atoms with Gasteiger partial charge in [0.2, 0.25) is 11.8 Å². The first-order chi connectivity index (χ1) is 43.1. The van der Waals surface area contributed by atoms with Crippen LogP contribution in [0.1, 0.15) is 234 Å². The second-order valence-corrected chi connectivity index (χ2v) is 38.3. The minimum atomic E-state index is -0.882. The highest BCUT2D eigenvalue weighted by molar-refractivity contribution is 5.76. The molecule has 93 heavy (non-hydrogen) atoms. The molecule has 21 rings (SSSR count). The van der Waals surface area contributed by atoms with Gasteiger partial charge in [-0.3, -0.25) is 9.59 Å². The van der Waals surface area contributed by atoms with Gasteiger partial charge in [0.05, 0.1) is 16.8 Å². The van der Waals surface area contributed by atoms with E-state index < -0.39 is 16.8 Å². The summed E-state index contributed by atoms with van der Waals surface area (Å²) in [6.07, 6.45) is 15.1. The normalized spacial score (nSPS) is 43.9. The van der Waals surface area contributed by atoms with E-state index >= 15 is 0 Å². The molecule has 13 heteroatoms. The number of hydrogen-bond acceptors (Lipinski definition) is 11. The third-order valence-corrected chi connectivity index (χ3v) is 32.9. The number of amides is 2. The Morgan fingerprint density at radius 1 is 0.473 bits per heavy atom. The Kier molecular flexibility index (Phi) is 12.5. The van der Waals surface area contributed by atoms with Crippen LogP contribution in [0.5, 0.6) is 28.7 Å². The highest BCUT2D eigenvalue weighted by Crippen LogP contribution is 2.83. The van der Waals surface area contributed by atoms with Gasteiger partial charge in [0.25, 0.3) is 0 Å². The van der Waals surface area contributed by atoms with Crippen molar-refractivity contribution in [1.82, 2.24) is 15.1 Å². The van der Waals surface area contributed by atoms with Gasteiger partial charge in [0.1, 0.15) is 24.1 Å². The molecule has 2 amide bonds. The number of benzene rings is 3. The van der Waals surface area contributed by atoms with E-state index in [-0.39, 0.29) is 131 Å². The van der Waals surface area contributed by atoms with Crippen molar-refractivity contribution in [2.24, 2.45) is 66.5 Å². The Balaban J connectivity index is 0.000000111. The third-order valence-electron chi connectivity index (χ3n) is 32.9. The zero-order valence-electron chi connectivity index (χ0n) is 59.6. The molecule has 9 saturated carbocycles. The molecule has 18 aliphatic rings. The quantitative estimate of drug-likeness (QED) is 0.147. The molecule has 3 aromatic carbocycles. The van der Waals surface area contributed by atoms with Gasteiger partial charge < -0.3 is 54.9 Å². The van der Waals surface area contributed by atoms with E-state index in [1.54, 1.807) is 19.9 Å². The average Bonchev–Trinajstić information content (AvgIpc) is 1.58. The van der Waals surface area contributed by atoms with E-state index in [1.165, 1.54) is 45.4 Å². The number of hydrogen-bond donors (Lipinski definition) is 6. The Labute approximate surface area is 554 Å². The first-order valence-corrected chi connectivity index (χ1v) is 36.4. The van der Waals surface area contributed by atoms with Crippen LogP contribution in [0, 0.1) is 73.4 Å². The predicted octanol–water partition coefficient (Wildman–Crippen LogP) is 12.9. The van der Waals surface area contributed by atoms with Gasteiger partial charge in [-0.2, -0.15) is 0 Å². The van der Waals surface area contributed by atoms with Crippen molar-refractivity contribution in [1.29, 1.82) is 0 Å². The molecule has 506 valence electrons. The van der Waals surface area contributed by atoms with Crippen molar-refractivity contribution in [3.8, 4) is 28.7 Å². The molecule has 6 N–H and O–H groups in total. The largest absolute Gasteiger partial charge is 0.504 e. The topological polar surface area (TPSA) is 181 Å². The van der Waals surface area contributed by atoms with Crippen molar-refractivity contribution < 1.29 is 49.3 Å². The molecule has 13 nitrogen and oxygen atoms in total. The molecule has 12 bridgehead atoms. The lowest BCUT2D eigenvalue weighted by molar-refractivity contribution is -0.274. The van der Waals surface area contributed by atoms with Gasteiger partial charge in [-0.1, -0.05) is 107 Å². The number of carbonyl (C=O) groups excluding carboxylic acids is 2. The van der Waals surface area contributed by atoms with Crippen LogP contribution in [-0.2, 0) is 45.1 Å². The first-order valence-electron chi connectivity index (χ1n) is 36.4. The van der Waals surface area contributed by atoms with Crippen LogP contribution in [0.15, 0.2) is 36.4 Å². The van der Waals surface area contributed by atoms with E-state index in [4.69, 9.17) is 14.2 Å². The lowest BCUT2D eigenvalue weighted by atomic mass is 9.31. The molecular weight excluding hydrogens is 1160 g/mol. The van der Waals surface area contributed by atoms with Gasteiger partial charge in [-0.25, -0.2) is 0 Å². The summed E-state index contributed by atoms with van der Waals surface area (Å²) in [6.45, 7) is 40.8. The Hall–Kier alpha value is -4.56. The standard InChI is InChI=1S/C28H39NO3.C27H37NO4.C25H35NO3/c1-16-8-9-18-14-20-27-11-10-25(6,19(15-27)26(7,31)24(3,4)5)23-28(27,21(18)22(16)32-23)12-13-29(20)17(2)30;1-15(29)28-12-11-27-20-16-7-8-17(30)21(20)32-22(27)24(5)9-10-26(27,19(28)13-16)14-18(24)25(6,31)23(2,3)4;1-21(2,3)23(5,28)16-13-24-9-8-22(16,4)20-25(24)10-11-26-17(24)12-14-6-7-15(27)19(29-20)18(14)25/h8-9,19-20,23,31H,10-15H2,1-7H3;7-8,18-19,22,30-31H,9-14H2,1-6H3;6-7,16-17,20,26-28H,8-13H2,1-5H3/t19-,20+,23-,25-,26-,27+,28-;18-,19+,22-,24-,25-,26+,27-;16-,17+,20-,22-,23-,24+,25-/m000/s1. The monoisotopic (exact) mass is 1270 g/mol. The van der Waals surface area contributed by atoms with E-state index in [0.717, 1.165) is 121 Å². The minimum Gasteiger partial charge on any atom is -0.504 e. The number of aromatic hydroxyl groups is 2. The second kappa shape index (κ2) is 18.4. The number of phenolic OH excluding ortho intramolecular Hbond substituents is 2. The zero-order chi connectivity index (χ0) is 66.7. The molecule has 6 heterocycles. The van der Waals surface area contributed by atoms with Gasteiger partial charge >= 0.3 is 0 Å². The van der Waals surface area contributed by atoms with Gasteiger partial charge in [-0.15, -0.1) is 0 Å². The SMILES string of the molecule is CC(=O)N1CC[C@]23c4c5ccc(C)c4O[C@H]2[C@@]2(C)CC[C@@]3(C[C@@H]2[C@](C)(O)C(C)(C)C)[C@H]1C5.CC(=O)N1CC[C@]23c4c5ccc(O)c4O[C@H]2[C@@]2(C)CC[C@@]3(C[C@@H]2[C@](C)(O)C(C)(C)C)[C@H]1C5.CC(C)(C)[C@@](C)(O)[C@H]1C[C@@]23CC[C@]1(C)[C@@H]1Oc4c(O)ccc5c4[C@@]12CCN[C@@H]3C5. The Morgan fingerprint density at radius 3 is 1.22 bits per heavy atom. The van der Waals surface area contributed by atoms with E-state index in [1.807, 2.05) is 13.0 Å². The number of carbonyl (C=O) groups is 2. The summed E-state index contributed by atoms with van der Waals surface area (Å²) in [4.78, 5) is 30.0. The maximum Gasteiger partial charge on any atom is 0.219 e. The fraction of sp³-hybridized carbons (Fsp3) is 0.750. The van der Waals surface area contributed by atoms with Crippen molar-refractivity contribution in [3.63, 3.8) is 0 Å². The molecule has 0 aromatic heterocycles. The fourth-order valence-corrected chi connectivity index (χ4v) is 27.1. The van der Waals surface area contributed by atoms with Crippen molar-refractivity contribution in [3.05, 3.63) is 75.3 Å². The summed E-state index contributed by atoms with van der Waals surface area (Å²) in [6, 6.07) is 13.0. The van der Waals surface area contributed by atoms with E-state index in [2.05, 4.69) is 143 Å². The molecule has 6 spiro atoms. The van der Waals surface area contributed by atoms with Crippen molar-refractivity contribution in [2.45, 2.75) is 290 Å². The molecule has 12 aliphatic carbocycles. The number of rotatable bonds is 3. The van der Waals surface area contributed by atoms with Crippen LogP contribution >= 0.6 is 0 Å². The molecular formula is C80H111N3O10. The Bertz CT molecular complexity index is 3590. The van der Waals surface area contributed by atoms with Gasteiger partial charge in [0.15, 0.2) is 23.0 Å². The van der Waals surface area contributed by atoms with Crippen LogP contribution < -0.4 is 19.5 Å². The first kappa shape index (κ1) is 63.2. The molecule has 12 fully saturated rings. The van der Waals surface area contributed by atoms with Crippen LogP contribution in [0.25, 0.3) is 0 Å². The number of likely N-dealkylation sites (tertiary alicyclic amines) is 2. The van der Waals surface area contributed by atoms with Crippen LogP contribution in [0.4, 0.5) is 0 Å². The van der Waals surface area contributed by atoms with Gasteiger partial charge in [0, 0.05) is 105 Å². The highest BCUT2D eigenvalue weighted by atomic mass is 16.5. The van der Waals surface area contributed by atoms with Crippen molar-refractivity contribution >= 4 is 11.8 Å². The highest BCUT2D eigenvalue weighted by Gasteiger charge is 2.84. The predicted molar refractivity (Wildman–Crippen MR) is 359 cm³/mol. The fourth-order valence-electron chi connectivity index (χ4n) is 27.1. The number of nitrogens with one attached hydrogen (secondary N) is 1. The molecule has 0 unspecified atom stereocenters. The average molecular weight is 1270 g/mol. The molecule has 3 aromatic rings. The lowest BCUT2D eigenvalue weighted by Gasteiger charge is -2.75. The number of ether oxygens (including phenoxy) is 3. The molecule has 6 aliphatic heterocycles. The summed E-state index contributed by atoms with van der Waals surface area (Å²) in [5.74, 6) is 3.77. The van der Waals surface area contributed by atoms with Crippen molar-refractivity contribution in [2.75, 3.05) is 19.6 Å². The van der Waals surface area contributed by atoms with Crippen LogP contribution in [0.3, 0.4) is 0 Å². The number of fused-ring (bicyclic) bond motifs is 6. The number of nitrogens with zero attached hydrogens (tertiary/aromatic N) is 2. The summed E-state index contributed by atoms with van der Waals surface area (Å²) < 4.78 is 20.7. The zero-order valence-corrected chi connectivity index (χ0v) is 59.6. The summed E-state index contributed by atoms with van der Waals surface area (Å²) in [5.41, 5.74) is 5.29. The van der Waals surface area contributed by atoms with Crippen LogP contribution in [0.2, 0.25) is 0 Å². The summed E-state index contributed by atoms with van der Waals surface area (Å²) in [7, 11) is 0. The number of phenols is 2. The summed E-state index contributed by atoms with van der Waals surface area (Å²) >= 11 is 0. The molecule has 0 radical (unpaired) electrons. The van der Waals surface area contributed by atoms with E-state index in [0.29, 0.717) is 17.5 Å². The Morgan fingerprint density at radius 2 is 0.817 bits per heavy atom. The third kappa shape index (κ3) is 6.93. The summed E-state index contributed by atoms with van der Waals surface area (Å²) in [5, 5.41) is 61.5. The maximum absolute atomic E-state index is 12.8. The van der Waals surface area contributed by atoms with E-state index in [9.17, 15) is 35.1 Å². The smallest absolute Gasteiger partial charge is 0.219 e. The minimum absolute atomic E-state index is 0.0225. The number of aliphatic hydroxyl groups is 3. The number of aryl methyl sites for hydroxylation is 1.